The van der Waals surface area contributed by atoms with E-state index in [1.165, 1.54) is 17.5 Å². The second kappa shape index (κ2) is 4.21. The molecule has 0 aliphatic carbocycles. The number of fused-ring (bicyclic) bond motifs is 1. The standard InChI is InChI=1S/C11H13N3.ClH/c1-2-8-6-10(9-3-5-12-7-9)14-11(8)13-4-1;/h1-2,4,6,9,12H,3,5,7H2,(H,13,14);1H. The van der Waals surface area contributed by atoms with Crippen molar-refractivity contribution in [2.75, 3.05) is 13.1 Å². The number of hydrogen-bond acceptors (Lipinski definition) is 2. The third-order valence-corrected chi connectivity index (χ3v) is 2.91. The predicted octanol–water partition coefficient (Wildman–Crippen LogP) is 2.06. The van der Waals surface area contributed by atoms with E-state index in [1.807, 2.05) is 12.3 Å². The predicted molar refractivity (Wildman–Crippen MR) is 63.6 cm³/mol. The first-order chi connectivity index (χ1) is 6.93. The maximum absolute atomic E-state index is 4.30. The minimum absolute atomic E-state index is 0. The second-order valence-corrected chi connectivity index (χ2v) is 3.86. The molecule has 3 nitrogen and oxygen atoms in total. The quantitative estimate of drug-likeness (QED) is 0.777. The minimum Gasteiger partial charge on any atom is -0.343 e. The van der Waals surface area contributed by atoms with Gasteiger partial charge in [-0.1, -0.05) is 0 Å². The maximum Gasteiger partial charge on any atom is 0.137 e. The second-order valence-electron chi connectivity index (χ2n) is 3.86. The van der Waals surface area contributed by atoms with Crippen molar-refractivity contribution in [1.82, 2.24) is 15.3 Å². The van der Waals surface area contributed by atoms with E-state index in [-0.39, 0.29) is 12.4 Å². The monoisotopic (exact) mass is 223 g/mol. The average Bonchev–Trinajstić information content (AvgIpc) is 2.86. The van der Waals surface area contributed by atoms with Crippen LogP contribution in [0.1, 0.15) is 18.0 Å². The molecule has 0 spiro atoms. The van der Waals surface area contributed by atoms with Crippen molar-refractivity contribution >= 4 is 23.4 Å². The summed E-state index contributed by atoms with van der Waals surface area (Å²) in [7, 11) is 0. The zero-order chi connectivity index (χ0) is 9.38. The van der Waals surface area contributed by atoms with Gasteiger partial charge in [0.2, 0.25) is 0 Å². The zero-order valence-corrected chi connectivity index (χ0v) is 9.18. The van der Waals surface area contributed by atoms with Crippen LogP contribution in [0.4, 0.5) is 0 Å². The van der Waals surface area contributed by atoms with Crippen molar-refractivity contribution in [2.45, 2.75) is 12.3 Å². The molecule has 1 unspecified atom stereocenters. The molecule has 1 saturated heterocycles. The molecule has 0 radical (unpaired) electrons. The molecule has 0 amide bonds. The molecule has 1 aliphatic heterocycles. The van der Waals surface area contributed by atoms with E-state index in [2.05, 4.69) is 27.4 Å². The topological polar surface area (TPSA) is 40.7 Å². The van der Waals surface area contributed by atoms with Gasteiger partial charge in [0.15, 0.2) is 0 Å². The third-order valence-electron chi connectivity index (χ3n) is 2.91. The summed E-state index contributed by atoms with van der Waals surface area (Å²) < 4.78 is 0. The Hall–Kier alpha value is -1.06. The molecule has 2 aromatic heterocycles. The molecule has 0 aromatic carbocycles. The van der Waals surface area contributed by atoms with E-state index in [0.29, 0.717) is 5.92 Å². The van der Waals surface area contributed by atoms with Gasteiger partial charge in [-0.05, 0) is 31.2 Å². The first-order valence-electron chi connectivity index (χ1n) is 5.08. The van der Waals surface area contributed by atoms with E-state index in [0.717, 1.165) is 18.7 Å². The van der Waals surface area contributed by atoms with Crippen LogP contribution in [0.25, 0.3) is 11.0 Å². The van der Waals surface area contributed by atoms with E-state index in [9.17, 15) is 0 Å². The fourth-order valence-corrected chi connectivity index (χ4v) is 2.12. The lowest BCUT2D eigenvalue weighted by atomic mass is 10.1. The molecule has 0 bridgehead atoms. The van der Waals surface area contributed by atoms with Crippen molar-refractivity contribution in [1.29, 1.82) is 0 Å². The number of nitrogens with one attached hydrogen (secondary N) is 2. The molecule has 4 heteroatoms. The van der Waals surface area contributed by atoms with Crippen LogP contribution in [-0.2, 0) is 0 Å². The van der Waals surface area contributed by atoms with Gasteiger partial charge < -0.3 is 10.3 Å². The number of pyridine rings is 1. The number of rotatable bonds is 1. The van der Waals surface area contributed by atoms with Gasteiger partial charge in [0.1, 0.15) is 5.65 Å². The lowest BCUT2D eigenvalue weighted by molar-refractivity contribution is 0.743. The first-order valence-corrected chi connectivity index (χ1v) is 5.08. The van der Waals surface area contributed by atoms with E-state index in [1.54, 1.807) is 0 Å². The smallest absolute Gasteiger partial charge is 0.137 e. The fraction of sp³-hybridized carbons (Fsp3) is 0.364. The highest BCUT2D eigenvalue weighted by Gasteiger charge is 2.18. The van der Waals surface area contributed by atoms with Gasteiger partial charge in [0, 0.05) is 29.7 Å². The van der Waals surface area contributed by atoms with Crippen molar-refractivity contribution in [3.05, 3.63) is 30.1 Å². The molecule has 0 saturated carbocycles. The number of hydrogen-bond donors (Lipinski definition) is 2. The van der Waals surface area contributed by atoms with Crippen molar-refractivity contribution < 1.29 is 0 Å². The van der Waals surface area contributed by atoms with E-state index >= 15 is 0 Å². The van der Waals surface area contributed by atoms with Crippen LogP contribution in [0.15, 0.2) is 24.4 Å². The molecule has 3 rings (SSSR count). The van der Waals surface area contributed by atoms with Crippen LogP contribution in [0, 0.1) is 0 Å². The molecule has 2 aromatic rings. The molecule has 1 atom stereocenters. The van der Waals surface area contributed by atoms with Crippen LogP contribution in [-0.4, -0.2) is 23.1 Å². The molecular formula is C11H14ClN3. The molecule has 80 valence electrons. The van der Waals surface area contributed by atoms with Crippen LogP contribution < -0.4 is 5.32 Å². The van der Waals surface area contributed by atoms with Gasteiger partial charge in [-0.25, -0.2) is 4.98 Å². The summed E-state index contributed by atoms with van der Waals surface area (Å²) in [5.41, 5.74) is 2.33. The van der Waals surface area contributed by atoms with Gasteiger partial charge in [-0.15, -0.1) is 12.4 Å². The average molecular weight is 224 g/mol. The zero-order valence-electron chi connectivity index (χ0n) is 8.36. The Bertz CT molecular complexity index is 413. The Balaban J connectivity index is 0.000000853. The highest BCUT2D eigenvalue weighted by atomic mass is 35.5. The number of H-pyrrole nitrogens is 1. The van der Waals surface area contributed by atoms with Gasteiger partial charge in [0.25, 0.3) is 0 Å². The normalized spacial score (nSPS) is 20.4. The summed E-state index contributed by atoms with van der Waals surface area (Å²) in [6.45, 7) is 2.22. The van der Waals surface area contributed by atoms with E-state index < -0.39 is 0 Å². The molecule has 1 fully saturated rings. The summed E-state index contributed by atoms with van der Waals surface area (Å²) in [5.74, 6) is 0.643. The highest BCUT2D eigenvalue weighted by molar-refractivity contribution is 5.85. The number of aromatic amines is 1. The lowest BCUT2D eigenvalue weighted by Crippen LogP contribution is -2.07. The van der Waals surface area contributed by atoms with Crippen molar-refractivity contribution in [2.24, 2.45) is 0 Å². The Kier molecular flexibility index (Phi) is 2.93. The van der Waals surface area contributed by atoms with Gasteiger partial charge in [0.05, 0.1) is 0 Å². The Morgan fingerprint density at radius 3 is 3.07 bits per heavy atom. The van der Waals surface area contributed by atoms with Crippen LogP contribution in [0.3, 0.4) is 0 Å². The van der Waals surface area contributed by atoms with Crippen molar-refractivity contribution in [3.8, 4) is 0 Å². The molecule has 3 heterocycles. The minimum atomic E-state index is 0. The number of aromatic nitrogens is 2. The largest absolute Gasteiger partial charge is 0.343 e. The summed E-state index contributed by atoms with van der Waals surface area (Å²) >= 11 is 0. The van der Waals surface area contributed by atoms with Crippen LogP contribution in [0.5, 0.6) is 0 Å². The molecule has 1 aliphatic rings. The summed E-state index contributed by atoms with van der Waals surface area (Å²) in [4.78, 5) is 7.68. The third kappa shape index (κ3) is 1.85. The fourth-order valence-electron chi connectivity index (χ4n) is 2.12. The summed E-state index contributed by atoms with van der Waals surface area (Å²) in [6, 6.07) is 6.30. The molecule has 15 heavy (non-hydrogen) atoms. The lowest BCUT2D eigenvalue weighted by Gasteiger charge is -2.03. The first kappa shape index (κ1) is 10.5. The Morgan fingerprint density at radius 1 is 1.40 bits per heavy atom. The van der Waals surface area contributed by atoms with Gasteiger partial charge in [-0.2, -0.15) is 0 Å². The molecular weight excluding hydrogens is 210 g/mol. The van der Waals surface area contributed by atoms with Gasteiger partial charge in [-0.3, -0.25) is 0 Å². The maximum atomic E-state index is 4.30. The number of halogens is 1. The van der Waals surface area contributed by atoms with Crippen LogP contribution in [0.2, 0.25) is 0 Å². The van der Waals surface area contributed by atoms with Crippen molar-refractivity contribution in [3.63, 3.8) is 0 Å². The molecule has 2 N–H and O–H groups in total. The van der Waals surface area contributed by atoms with Crippen LogP contribution >= 0.6 is 12.4 Å². The highest BCUT2D eigenvalue weighted by Crippen LogP contribution is 2.24. The van der Waals surface area contributed by atoms with E-state index in [4.69, 9.17) is 0 Å². The SMILES string of the molecule is Cl.c1cnc2[nH]c(C3CCNC3)cc2c1. The number of nitrogens with zero attached hydrogens (tertiary/aromatic N) is 1. The Labute approximate surface area is 94.7 Å². The Morgan fingerprint density at radius 2 is 2.33 bits per heavy atom. The summed E-state index contributed by atoms with van der Waals surface area (Å²) in [6.07, 6.45) is 3.06. The van der Waals surface area contributed by atoms with Gasteiger partial charge >= 0.3 is 0 Å². The summed E-state index contributed by atoms with van der Waals surface area (Å²) in [5, 5.41) is 4.59.